The van der Waals surface area contributed by atoms with Crippen molar-refractivity contribution in [2.75, 3.05) is 0 Å². The van der Waals surface area contributed by atoms with Crippen molar-refractivity contribution < 1.29 is 23.9 Å². The average molecular weight is 607 g/mol. The fraction of sp³-hybridized carbons (Fsp3) is 0.935. The molecule has 0 bridgehead atoms. The Bertz CT molecular complexity index is 559. The Morgan fingerprint density at radius 3 is 1.15 bits per heavy atom. The Labute approximate surface area is 247 Å². The summed E-state index contributed by atoms with van der Waals surface area (Å²) in [5, 5.41) is 17.4. The van der Waals surface area contributed by atoms with Crippen LogP contribution in [0.3, 0.4) is 0 Å². The van der Waals surface area contributed by atoms with E-state index in [2.05, 4.69) is 39.3 Å². The maximum Gasteiger partial charge on any atom is 0.303 e. The normalized spacial score (nSPS) is 12.1. The highest BCUT2D eigenvalue weighted by atomic mass is 28.4. The molecule has 0 rings (SSSR count). The molecule has 39 heavy (non-hydrogen) atoms. The van der Waals surface area contributed by atoms with E-state index in [1.165, 1.54) is 94.8 Å². The van der Waals surface area contributed by atoms with Gasteiger partial charge in [-0.15, -0.1) is 0 Å². The summed E-state index contributed by atoms with van der Waals surface area (Å²) < 4.78 is 6.99. The number of carboxylic acid groups (broad SMARTS) is 2. The lowest BCUT2D eigenvalue weighted by Crippen LogP contribution is -2.49. The summed E-state index contributed by atoms with van der Waals surface area (Å²) in [6.45, 7) is 14.9. The monoisotopic (exact) mass is 606 g/mol. The topological polar surface area (TPSA) is 83.8 Å². The van der Waals surface area contributed by atoms with Crippen molar-refractivity contribution in [3.05, 3.63) is 0 Å². The van der Waals surface area contributed by atoms with E-state index in [9.17, 15) is 9.59 Å². The second-order valence-electron chi connectivity index (χ2n) is 13.4. The fourth-order valence-electron chi connectivity index (χ4n) is 5.90. The Kier molecular flexibility index (Phi) is 26.7. The Hall–Kier alpha value is -0.449. The molecule has 8 heteroatoms. The van der Waals surface area contributed by atoms with Crippen LogP contribution in [0.4, 0.5) is 0 Å². The molecule has 0 spiro atoms. The van der Waals surface area contributed by atoms with Crippen LogP contribution in [0.25, 0.3) is 0 Å². The Balaban J connectivity index is -0.00000648. The molecule has 0 aliphatic rings. The van der Waals surface area contributed by atoms with Gasteiger partial charge >= 0.3 is 11.9 Å². The number of rotatable bonds is 26. The molecule has 0 saturated heterocycles. The van der Waals surface area contributed by atoms with Crippen molar-refractivity contribution in [3.8, 4) is 0 Å². The number of hydrogen-bond acceptors (Lipinski definition) is 3. The summed E-state index contributed by atoms with van der Waals surface area (Å²) >= 11 is 0. The highest BCUT2D eigenvalue weighted by Crippen LogP contribution is 2.30. The molecule has 0 aromatic rings. The molecule has 5 nitrogen and oxygen atoms in total. The second-order valence-corrected chi connectivity index (χ2v) is 28.0. The lowest BCUT2D eigenvalue weighted by Gasteiger charge is -2.38. The molecule has 0 heterocycles. The number of unbranched alkanes of at least 4 members (excludes halogenated alkanes) is 14. The first kappa shape index (κ1) is 43.0. The van der Waals surface area contributed by atoms with E-state index in [4.69, 9.17) is 14.3 Å². The first-order valence-electron chi connectivity index (χ1n) is 15.4. The highest BCUT2D eigenvalue weighted by Gasteiger charge is 2.37. The van der Waals surface area contributed by atoms with Gasteiger partial charge in [0, 0.05) is 20.9 Å². The molecule has 0 aliphatic heterocycles. The molecule has 0 unspecified atom stereocenters. The maximum absolute atomic E-state index is 10.5. The third-order valence-electron chi connectivity index (χ3n) is 7.37. The smallest absolute Gasteiger partial charge is 0.303 e. The summed E-state index contributed by atoms with van der Waals surface area (Å²) in [5.74, 6) is -1.34. The summed E-state index contributed by atoms with van der Waals surface area (Å²) in [7, 11) is -4.48. The molecule has 0 aromatic heterocycles. The lowest BCUT2D eigenvalue weighted by atomic mass is 10.1. The van der Waals surface area contributed by atoms with E-state index < -0.39 is 36.6 Å². The third-order valence-corrected chi connectivity index (χ3v) is 22.3. The van der Waals surface area contributed by atoms with Gasteiger partial charge in [-0.25, -0.2) is 0 Å². The highest BCUT2D eigenvalue weighted by molar-refractivity contribution is 6.96. The maximum atomic E-state index is 10.5. The van der Waals surface area contributed by atoms with Crippen molar-refractivity contribution in [2.24, 2.45) is 0 Å². The minimum absolute atomic E-state index is 0. The molecule has 2 N–H and O–H groups in total. The molecule has 0 fully saturated rings. The zero-order chi connectivity index (χ0) is 28.2. The SMILES string of the molecule is C.C.C[Si](C)(CCCCCCCCCCC(=O)O)C[Si](C)(C)O[Si](C)(C)CCCCCCCCCCC(=O)O. The zero-order valence-corrected chi connectivity index (χ0v) is 28.5. The van der Waals surface area contributed by atoms with Gasteiger partial charge in [-0.05, 0) is 50.7 Å². The van der Waals surface area contributed by atoms with Crippen LogP contribution in [0.1, 0.15) is 130 Å². The van der Waals surface area contributed by atoms with Gasteiger partial charge in [-0.3, -0.25) is 9.59 Å². The van der Waals surface area contributed by atoms with Crippen LogP contribution in [0.2, 0.25) is 57.0 Å². The van der Waals surface area contributed by atoms with Gasteiger partial charge in [0.15, 0.2) is 16.6 Å². The molecule has 0 aliphatic carbocycles. The van der Waals surface area contributed by atoms with Crippen molar-refractivity contribution in [1.29, 1.82) is 0 Å². The summed E-state index contributed by atoms with van der Waals surface area (Å²) in [4.78, 5) is 21.1. The Morgan fingerprint density at radius 2 is 0.795 bits per heavy atom. The summed E-state index contributed by atoms with van der Waals surface area (Å²) in [6.07, 6.45) is 19.8. The molecular weight excluding hydrogens is 537 g/mol. The van der Waals surface area contributed by atoms with Crippen molar-refractivity contribution in [1.82, 2.24) is 0 Å². The molecule has 236 valence electrons. The van der Waals surface area contributed by atoms with Crippen LogP contribution in [-0.4, -0.2) is 46.9 Å². The molecule has 0 aromatic carbocycles. The predicted octanol–water partition coefficient (Wildman–Crippen LogP) is 11.1. The summed E-state index contributed by atoms with van der Waals surface area (Å²) in [5.41, 5.74) is 1.38. The largest absolute Gasteiger partial charge is 0.481 e. The Morgan fingerprint density at radius 1 is 0.487 bits per heavy atom. The average Bonchev–Trinajstić information content (AvgIpc) is 2.74. The third kappa shape index (κ3) is 30.3. The van der Waals surface area contributed by atoms with Crippen LogP contribution in [0, 0.1) is 0 Å². The van der Waals surface area contributed by atoms with Crippen molar-refractivity contribution in [2.45, 2.75) is 187 Å². The minimum atomic E-state index is -1.64. The van der Waals surface area contributed by atoms with Crippen molar-refractivity contribution >= 4 is 36.6 Å². The van der Waals surface area contributed by atoms with Gasteiger partial charge in [0.2, 0.25) is 0 Å². The van der Waals surface area contributed by atoms with Gasteiger partial charge in [0.25, 0.3) is 0 Å². The fourth-order valence-corrected chi connectivity index (χ4v) is 25.5. The number of hydrogen-bond donors (Lipinski definition) is 2. The quantitative estimate of drug-likeness (QED) is 0.0755. The van der Waals surface area contributed by atoms with E-state index in [0.29, 0.717) is 12.8 Å². The van der Waals surface area contributed by atoms with Gasteiger partial charge in [0.1, 0.15) is 0 Å². The molecular formula is C31H70O5Si3. The second kappa shape index (κ2) is 24.2. The van der Waals surface area contributed by atoms with Gasteiger partial charge in [0.05, 0.1) is 0 Å². The van der Waals surface area contributed by atoms with Crippen molar-refractivity contribution in [3.63, 3.8) is 0 Å². The van der Waals surface area contributed by atoms with E-state index >= 15 is 0 Å². The molecule has 0 radical (unpaired) electrons. The van der Waals surface area contributed by atoms with Crippen LogP contribution in [0.15, 0.2) is 0 Å². The molecule has 0 amide bonds. The van der Waals surface area contributed by atoms with E-state index in [1.807, 2.05) is 0 Å². The van der Waals surface area contributed by atoms with Gasteiger partial charge in [-0.2, -0.15) is 0 Å². The number of aliphatic carboxylic acids is 2. The first-order valence-corrected chi connectivity index (χ1v) is 25.0. The number of carboxylic acids is 2. The van der Waals surface area contributed by atoms with Crippen LogP contribution < -0.4 is 0 Å². The van der Waals surface area contributed by atoms with Crippen LogP contribution in [-0.2, 0) is 13.7 Å². The lowest BCUT2D eigenvalue weighted by molar-refractivity contribution is -0.138. The summed E-state index contributed by atoms with van der Waals surface area (Å²) in [6, 6.07) is 2.70. The van der Waals surface area contributed by atoms with Crippen LogP contribution >= 0.6 is 0 Å². The van der Waals surface area contributed by atoms with Gasteiger partial charge in [-0.1, -0.05) is 124 Å². The minimum Gasteiger partial charge on any atom is -0.481 e. The molecule has 0 saturated carbocycles. The number of carbonyl (C=O) groups is 2. The standard InChI is InChI=1S/C29H62O5Si3.2CH4/c1-35(2,25-21-17-13-9-7-11-15-19-23-28(30)31)27-37(5,6)34-36(3,4)26-22-18-14-10-8-12-16-20-24-29(32)33;;/h7-27H2,1-6H3,(H,30,31)(H,32,33);2*1H4. The van der Waals surface area contributed by atoms with Gasteiger partial charge < -0.3 is 14.3 Å². The zero-order valence-electron chi connectivity index (χ0n) is 25.5. The van der Waals surface area contributed by atoms with E-state index in [1.54, 1.807) is 0 Å². The van der Waals surface area contributed by atoms with E-state index in [-0.39, 0.29) is 14.9 Å². The first-order chi connectivity index (χ1) is 17.2. The molecule has 0 atom stereocenters. The van der Waals surface area contributed by atoms with Crippen LogP contribution in [0.5, 0.6) is 0 Å². The predicted molar refractivity (Wildman–Crippen MR) is 180 cm³/mol. The van der Waals surface area contributed by atoms with E-state index in [0.717, 1.165) is 25.7 Å².